The Morgan fingerprint density at radius 2 is 1.85 bits per heavy atom. The summed E-state index contributed by atoms with van der Waals surface area (Å²) in [7, 11) is 0. The first-order valence-electron chi connectivity index (χ1n) is 9.09. The number of hydrogen-bond acceptors (Lipinski definition) is 4. The van der Waals surface area contributed by atoms with E-state index in [1.165, 1.54) is 4.90 Å². The summed E-state index contributed by atoms with van der Waals surface area (Å²) in [6.07, 6.45) is 5.55. The molecule has 2 aliphatic rings. The molecule has 3 rings (SSSR count). The van der Waals surface area contributed by atoms with Crippen molar-refractivity contribution in [1.29, 1.82) is 0 Å². The Morgan fingerprint density at radius 1 is 1.19 bits per heavy atom. The molecule has 1 aliphatic heterocycles. The Labute approximate surface area is 158 Å². The molecule has 2 fully saturated rings. The molecule has 3 amide bonds. The van der Waals surface area contributed by atoms with Crippen LogP contribution in [0.4, 0.5) is 5.69 Å². The lowest BCUT2D eigenvalue weighted by atomic mass is 9.81. The van der Waals surface area contributed by atoms with Gasteiger partial charge in [-0.2, -0.15) is 0 Å². The van der Waals surface area contributed by atoms with Crippen molar-refractivity contribution in [1.82, 2.24) is 4.90 Å². The van der Waals surface area contributed by atoms with Gasteiger partial charge in [0.15, 0.2) is 0 Å². The van der Waals surface area contributed by atoms with Gasteiger partial charge in [0, 0.05) is 23.6 Å². The number of amides is 3. The van der Waals surface area contributed by atoms with Gasteiger partial charge >= 0.3 is 0 Å². The van der Waals surface area contributed by atoms with Crippen LogP contribution in [0.15, 0.2) is 41.8 Å². The zero-order valence-electron chi connectivity index (χ0n) is 14.8. The number of para-hydroxylation sites is 1. The lowest BCUT2D eigenvalue weighted by molar-refractivity contribution is -0.140. The van der Waals surface area contributed by atoms with Gasteiger partial charge in [-0.3, -0.25) is 19.3 Å². The number of rotatable bonds is 7. The summed E-state index contributed by atoms with van der Waals surface area (Å²) in [5.74, 6) is 0.0774. The molecule has 6 heteroatoms. The SMILES string of the molecule is C=CCSc1ccccc1NC(=O)CCN1C(=O)[C@H]2CCCC[C@H]2C1=O. The van der Waals surface area contributed by atoms with E-state index < -0.39 is 0 Å². The molecule has 1 aromatic rings. The molecule has 138 valence electrons. The van der Waals surface area contributed by atoms with E-state index in [1.54, 1.807) is 11.8 Å². The third kappa shape index (κ3) is 4.01. The summed E-state index contributed by atoms with van der Waals surface area (Å²) in [5.41, 5.74) is 0.747. The van der Waals surface area contributed by atoms with Crippen LogP contribution in [0.5, 0.6) is 0 Å². The predicted octanol–water partition coefficient (Wildman–Crippen LogP) is 3.47. The smallest absolute Gasteiger partial charge is 0.233 e. The third-order valence-electron chi connectivity index (χ3n) is 5.01. The van der Waals surface area contributed by atoms with Gasteiger partial charge in [0.05, 0.1) is 17.5 Å². The molecule has 26 heavy (non-hydrogen) atoms. The topological polar surface area (TPSA) is 66.5 Å². The molecule has 0 bridgehead atoms. The van der Waals surface area contributed by atoms with Crippen LogP contribution < -0.4 is 5.32 Å². The first-order valence-corrected chi connectivity index (χ1v) is 10.1. The summed E-state index contributed by atoms with van der Waals surface area (Å²) in [6, 6.07) is 7.59. The number of likely N-dealkylation sites (tertiary alicyclic amines) is 1. The summed E-state index contributed by atoms with van der Waals surface area (Å²) in [6.45, 7) is 3.87. The van der Waals surface area contributed by atoms with Gasteiger partial charge in [-0.1, -0.05) is 31.1 Å². The highest BCUT2D eigenvalue weighted by Gasteiger charge is 2.47. The maximum Gasteiger partial charge on any atom is 0.233 e. The van der Waals surface area contributed by atoms with E-state index in [0.29, 0.717) is 0 Å². The minimum Gasteiger partial charge on any atom is -0.325 e. The number of hydrogen-bond donors (Lipinski definition) is 1. The molecule has 0 radical (unpaired) electrons. The number of thioether (sulfide) groups is 1. The highest BCUT2D eigenvalue weighted by atomic mass is 32.2. The van der Waals surface area contributed by atoms with Gasteiger partial charge in [0.2, 0.25) is 17.7 Å². The van der Waals surface area contributed by atoms with Crippen LogP contribution in [-0.2, 0) is 14.4 Å². The van der Waals surface area contributed by atoms with E-state index in [1.807, 2.05) is 30.3 Å². The Morgan fingerprint density at radius 3 is 2.50 bits per heavy atom. The summed E-state index contributed by atoms with van der Waals surface area (Å²) in [4.78, 5) is 39.5. The van der Waals surface area contributed by atoms with Crippen LogP contribution >= 0.6 is 11.8 Å². The minimum atomic E-state index is -0.188. The monoisotopic (exact) mass is 372 g/mol. The van der Waals surface area contributed by atoms with Crippen molar-refractivity contribution in [2.75, 3.05) is 17.6 Å². The highest BCUT2D eigenvalue weighted by Crippen LogP contribution is 2.38. The number of benzene rings is 1. The van der Waals surface area contributed by atoms with Crippen molar-refractivity contribution in [3.63, 3.8) is 0 Å². The second kappa shape index (κ2) is 8.54. The van der Waals surface area contributed by atoms with Gasteiger partial charge in [0.1, 0.15) is 0 Å². The fraction of sp³-hybridized carbons (Fsp3) is 0.450. The molecule has 1 heterocycles. The summed E-state index contributed by atoms with van der Waals surface area (Å²) in [5, 5.41) is 2.89. The Hall–Kier alpha value is -2.08. The number of carbonyl (C=O) groups excluding carboxylic acids is 3. The Kier molecular flexibility index (Phi) is 6.14. The molecular weight excluding hydrogens is 348 g/mol. The van der Waals surface area contributed by atoms with Crippen LogP contribution in [0, 0.1) is 11.8 Å². The zero-order chi connectivity index (χ0) is 18.5. The van der Waals surface area contributed by atoms with Crippen LogP contribution in [0.25, 0.3) is 0 Å². The van der Waals surface area contributed by atoms with Crippen LogP contribution in [0.1, 0.15) is 32.1 Å². The summed E-state index contributed by atoms with van der Waals surface area (Å²) >= 11 is 1.60. The number of anilines is 1. The quantitative estimate of drug-likeness (QED) is 0.452. The fourth-order valence-corrected chi connectivity index (χ4v) is 4.47. The number of imide groups is 1. The average Bonchev–Trinajstić information content (AvgIpc) is 2.90. The Balaban J connectivity index is 1.57. The average molecular weight is 372 g/mol. The molecule has 0 spiro atoms. The van der Waals surface area contributed by atoms with Crippen molar-refractivity contribution in [3.8, 4) is 0 Å². The minimum absolute atomic E-state index is 0.0885. The predicted molar refractivity (Wildman–Crippen MR) is 103 cm³/mol. The molecular formula is C20H24N2O3S. The van der Waals surface area contributed by atoms with Gasteiger partial charge in [-0.25, -0.2) is 0 Å². The normalized spacial score (nSPS) is 22.2. The first-order chi connectivity index (χ1) is 12.6. The number of nitrogens with one attached hydrogen (secondary N) is 1. The van der Waals surface area contributed by atoms with Crippen LogP contribution in [0.3, 0.4) is 0 Å². The maximum absolute atomic E-state index is 12.5. The van der Waals surface area contributed by atoms with Crippen LogP contribution in [0.2, 0.25) is 0 Å². The van der Waals surface area contributed by atoms with Crippen molar-refractivity contribution >= 4 is 35.2 Å². The first kappa shape index (κ1) is 18.7. The molecule has 5 nitrogen and oxygen atoms in total. The fourth-order valence-electron chi connectivity index (χ4n) is 3.72. The van der Waals surface area contributed by atoms with Gasteiger partial charge in [-0.05, 0) is 25.0 Å². The van der Waals surface area contributed by atoms with Crippen molar-refractivity contribution in [2.24, 2.45) is 11.8 Å². The van der Waals surface area contributed by atoms with Gasteiger partial charge in [-0.15, -0.1) is 18.3 Å². The molecule has 1 saturated heterocycles. The van der Waals surface area contributed by atoms with Crippen molar-refractivity contribution < 1.29 is 14.4 Å². The third-order valence-corrected chi connectivity index (χ3v) is 6.08. The number of carbonyl (C=O) groups is 3. The van der Waals surface area contributed by atoms with E-state index >= 15 is 0 Å². The lowest BCUT2D eigenvalue weighted by Crippen LogP contribution is -2.34. The molecule has 1 aromatic carbocycles. The zero-order valence-corrected chi connectivity index (χ0v) is 15.6. The van der Waals surface area contributed by atoms with E-state index in [9.17, 15) is 14.4 Å². The summed E-state index contributed by atoms with van der Waals surface area (Å²) < 4.78 is 0. The molecule has 1 N–H and O–H groups in total. The Bertz CT molecular complexity index is 695. The van der Waals surface area contributed by atoms with Crippen molar-refractivity contribution in [3.05, 3.63) is 36.9 Å². The molecule has 1 saturated carbocycles. The molecule has 0 aromatic heterocycles. The maximum atomic E-state index is 12.5. The van der Waals surface area contributed by atoms with Gasteiger partial charge in [0.25, 0.3) is 0 Å². The molecule has 0 unspecified atom stereocenters. The van der Waals surface area contributed by atoms with Gasteiger partial charge < -0.3 is 5.32 Å². The standard InChI is InChI=1S/C20H24N2O3S/c1-2-13-26-17-10-6-5-9-16(17)21-18(23)11-12-22-19(24)14-7-3-4-8-15(14)20(22)25/h2,5-6,9-10,14-15H,1,3-4,7-8,11-13H2,(H,21,23)/t14-,15+. The van der Waals surface area contributed by atoms with Crippen molar-refractivity contribution in [2.45, 2.75) is 37.0 Å². The van der Waals surface area contributed by atoms with E-state index in [-0.39, 0.29) is 42.5 Å². The molecule has 1 aliphatic carbocycles. The lowest BCUT2D eigenvalue weighted by Gasteiger charge is -2.19. The molecule has 2 atom stereocenters. The second-order valence-electron chi connectivity index (χ2n) is 6.72. The van der Waals surface area contributed by atoms with E-state index in [0.717, 1.165) is 42.0 Å². The highest BCUT2D eigenvalue weighted by molar-refractivity contribution is 7.99. The largest absolute Gasteiger partial charge is 0.325 e. The van der Waals surface area contributed by atoms with E-state index in [4.69, 9.17) is 0 Å². The van der Waals surface area contributed by atoms with Crippen LogP contribution in [-0.4, -0.2) is 34.9 Å². The van der Waals surface area contributed by atoms with E-state index in [2.05, 4.69) is 11.9 Å². The number of fused-ring (bicyclic) bond motifs is 1. The second-order valence-corrected chi connectivity index (χ2v) is 7.78. The number of nitrogens with zero attached hydrogens (tertiary/aromatic N) is 1.